The number of nitrogens with zero attached hydrogens (tertiary/aromatic N) is 3. The summed E-state index contributed by atoms with van der Waals surface area (Å²) in [6.45, 7) is 0. The van der Waals surface area contributed by atoms with Crippen molar-refractivity contribution in [3.63, 3.8) is 0 Å². The molecule has 8 heteroatoms. The number of hydrogen-bond donors (Lipinski definition) is 1. The molecule has 0 saturated carbocycles. The summed E-state index contributed by atoms with van der Waals surface area (Å²) in [4.78, 5) is 19.5. The quantitative estimate of drug-likeness (QED) is 0.602. The first kappa shape index (κ1) is 15.5. The Kier molecular flexibility index (Phi) is 5.70. The maximum atomic E-state index is 11.1. The monoisotopic (exact) mass is 308 g/mol. The van der Waals surface area contributed by atoms with E-state index in [1.54, 1.807) is 18.0 Å². The lowest BCUT2D eigenvalue weighted by molar-refractivity contribution is -0.142. The molecule has 0 aliphatic rings. The number of carbonyl (C=O) groups excluding carboxylic acids is 1. The summed E-state index contributed by atoms with van der Waals surface area (Å²) in [6, 6.07) is 4.91. The Bertz CT molecular complexity index is 576. The minimum absolute atomic E-state index is 0.397. The van der Waals surface area contributed by atoms with Gasteiger partial charge in [0.2, 0.25) is 11.7 Å². The number of thioether (sulfide) groups is 1. The number of methoxy groups -OCH3 is 1. The molecule has 0 fully saturated rings. The molecule has 0 aliphatic carbocycles. The molecule has 0 aromatic carbocycles. The normalized spacial score (nSPS) is 12.1. The number of ether oxygens (including phenoxy) is 1. The molecule has 7 nitrogen and oxygen atoms in total. The van der Waals surface area contributed by atoms with Gasteiger partial charge in [0.05, 0.1) is 12.9 Å². The standard InChI is InChI=1S/C13H16N4O3S/c1-19-13(18)9(14)5-7-21-8-11-16-12(17-20-11)10-4-2-3-6-15-10/h2-4,6,9H,5,7-8,14H2,1H3. The van der Waals surface area contributed by atoms with E-state index in [-0.39, 0.29) is 0 Å². The van der Waals surface area contributed by atoms with Crippen LogP contribution in [0.25, 0.3) is 11.5 Å². The van der Waals surface area contributed by atoms with Crippen molar-refractivity contribution in [3.05, 3.63) is 30.3 Å². The van der Waals surface area contributed by atoms with Gasteiger partial charge in [-0.2, -0.15) is 16.7 Å². The summed E-state index contributed by atoms with van der Waals surface area (Å²) in [5, 5.41) is 3.88. The Balaban J connectivity index is 1.77. The summed E-state index contributed by atoms with van der Waals surface area (Å²) in [5.74, 6) is 1.86. The molecule has 112 valence electrons. The van der Waals surface area contributed by atoms with Gasteiger partial charge < -0.3 is 15.0 Å². The lowest BCUT2D eigenvalue weighted by Crippen LogP contribution is -2.31. The third-order valence-corrected chi connectivity index (χ3v) is 3.64. The van der Waals surface area contributed by atoms with E-state index in [1.807, 2.05) is 18.2 Å². The van der Waals surface area contributed by atoms with Gasteiger partial charge in [0.1, 0.15) is 11.7 Å². The van der Waals surface area contributed by atoms with E-state index in [2.05, 4.69) is 19.9 Å². The Morgan fingerprint density at radius 1 is 1.52 bits per heavy atom. The Hall–Kier alpha value is -1.93. The number of carbonyl (C=O) groups is 1. The summed E-state index contributed by atoms with van der Waals surface area (Å²) >= 11 is 1.57. The SMILES string of the molecule is COC(=O)C(N)CCSCc1nc(-c2ccccn2)no1. The number of esters is 1. The van der Waals surface area contributed by atoms with Crippen molar-refractivity contribution in [2.45, 2.75) is 18.2 Å². The summed E-state index contributed by atoms with van der Waals surface area (Å²) in [5.41, 5.74) is 6.31. The van der Waals surface area contributed by atoms with Crippen LogP contribution in [0, 0.1) is 0 Å². The van der Waals surface area contributed by atoms with Crippen LogP contribution in [0.2, 0.25) is 0 Å². The second-order valence-corrected chi connectivity index (χ2v) is 5.30. The topological polar surface area (TPSA) is 104 Å². The van der Waals surface area contributed by atoms with Gasteiger partial charge in [-0.25, -0.2) is 0 Å². The van der Waals surface area contributed by atoms with Crippen LogP contribution < -0.4 is 5.73 Å². The fourth-order valence-electron chi connectivity index (χ4n) is 1.55. The zero-order valence-corrected chi connectivity index (χ0v) is 12.4. The molecule has 2 aromatic rings. The van der Waals surface area contributed by atoms with E-state index < -0.39 is 12.0 Å². The van der Waals surface area contributed by atoms with Gasteiger partial charge in [0, 0.05) is 6.20 Å². The maximum Gasteiger partial charge on any atom is 0.322 e. The lowest BCUT2D eigenvalue weighted by atomic mass is 10.2. The highest BCUT2D eigenvalue weighted by Gasteiger charge is 2.14. The van der Waals surface area contributed by atoms with Gasteiger partial charge in [-0.15, -0.1) is 0 Å². The van der Waals surface area contributed by atoms with Crippen molar-refractivity contribution < 1.29 is 14.1 Å². The van der Waals surface area contributed by atoms with Gasteiger partial charge in [-0.3, -0.25) is 9.78 Å². The highest BCUT2D eigenvalue weighted by molar-refractivity contribution is 7.98. The number of hydrogen-bond acceptors (Lipinski definition) is 8. The molecule has 2 aromatic heterocycles. The first-order chi connectivity index (χ1) is 10.2. The van der Waals surface area contributed by atoms with Crippen LogP contribution in [0.1, 0.15) is 12.3 Å². The lowest BCUT2D eigenvalue weighted by Gasteiger charge is -2.07. The molecule has 21 heavy (non-hydrogen) atoms. The van der Waals surface area contributed by atoms with E-state index in [9.17, 15) is 4.79 Å². The fourth-order valence-corrected chi connectivity index (χ4v) is 2.41. The van der Waals surface area contributed by atoms with Crippen LogP contribution in [0.5, 0.6) is 0 Å². The molecule has 1 atom stereocenters. The van der Waals surface area contributed by atoms with Crippen LogP contribution in [0.4, 0.5) is 0 Å². The van der Waals surface area contributed by atoms with E-state index in [0.717, 1.165) is 0 Å². The minimum Gasteiger partial charge on any atom is -0.468 e. The Morgan fingerprint density at radius 3 is 3.10 bits per heavy atom. The second kappa shape index (κ2) is 7.75. The second-order valence-electron chi connectivity index (χ2n) is 4.20. The smallest absolute Gasteiger partial charge is 0.322 e. The summed E-state index contributed by atoms with van der Waals surface area (Å²) in [7, 11) is 1.33. The van der Waals surface area contributed by atoms with Crippen LogP contribution >= 0.6 is 11.8 Å². The summed E-state index contributed by atoms with van der Waals surface area (Å²) in [6.07, 6.45) is 2.22. The number of nitrogens with two attached hydrogens (primary N) is 1. The van der Waals surface area contributed by atoms with Crippen LogP contribution in [0.15, 0.2) is 28.9 Å². The average Bonchev–Trinajstić information content (AvgIpc) is 3.00. The van der Waals surface area contributed by atoms with Crippen molar-refractivity contribution in [3.8, 4) is 11.5 Å². The van der Waals surface area contributed by atoms with Crippen molar-refractivity contribution >= 4 is 17.7 Å². The molecule has 0 spiro atoms. The molecule has 2 rings (SSSR count). The number of rotatable bonds is 7. The predicted molar refractivity (Wildman–Crippen MR) is 78.3 cm³/mol. The molecule has 0 radical (unpaired) electrons. The molecule has 1 unspecified atom stereocenters. The molecule has 2 heterocycles. The third kappa shape index (κ3) is 4.54. The minimum atomic E-state index is -0.589. The number of aromatic nitrogens is 3. The van der Waals surface area contributed by atoms with E-state index >= 15 is 0 Å². The highest BCUT2D eigenvalue weighted by Crippen LogP contribution is 2.16. The van der Waals surface area contributed by atoms with Crippen molar-refractivity contribution in [2.24, 2.45) is 5.73 Å². The maximum absolute atomic E-state index is 11.1. The van der Waals surface area contributed by atoms with Gasteiger partial charge in [-0.05, 0) is 24.3 Å². The molecule has 0 amide bonds. The van der Waals surface area contributed by atoms with E-state index in [1.165, 1.54) is 7.11 Å². The third-order valence-electron chi connectivity index (χ3n) is 2.66. The molecular formula is C13H16N4O3S. The van der Waals surface area contributed by atoms with Crippen molar-refractivity contribution in [2.75, 3.05) is 12.9 Å². The van der Waals surface area contributed by atoms with Crippen LogP contribution in [-0.2, 0) is 15.3 Å². The summed E-state index contributed by atoms with van der Waals surface area (Å²) < 4.78 is 9.71. The molecule has 0 bridgehead atoms. The zero-order chi connectivity index (χ0) is 15.1. The predicted octanol–water partition coefficient (Wildman–Crippen LogP) is 1.26. The van der Waals surface area contributed by atoms with E-state index in [4.69, 9.17) is 10.3 Å². The number of pyridine rings is 1. The van der Waals surface area contributed by atoms with Crippen molar-refractivity contribution in [1.29, 1.82) is 0 Å². The van der Waals surface area contributed by atoms with Gasteiger partial charge >= 0.3 is 5.97 Å². The molecule has 0 aliphatic heterocycles. The Labute approximate surface area is 126 Å². The van der Waals surface area contributed by atoms with Gasteiger partial charge in [0.15, 0.2) is 0 Å². The van der Waals surface area contributed by atoms with Gasteiger partial charge in [-0.1, -0.05) is 11.2 Å². The largest absolute Gasteiger partial charge is 0.468 e. The first-order valence-corrected chi connectivity index (χ1v) is 7.51. The average molecular weight is 308 g/mol. The zero-order valence-electron chi connectivity index (χ0n) is 11.6. The van der Waals surface area contributed by atoms with Crippen LogP contribution in [-0.4, -0.2) is 40.0 Å². The van der Waals surface area contributed by atoms with Crippen molar-refractivity contribution in [1.82, 2.24) is 15.1 Å². The van der Waals surface area contributed by atoms with Gasteiger partial charge in [0.25, 0.3) is 0 Å². The molecule has 0 saturated heterocycles. The molecule has 2 N–H and O–H groups in total. The Morgan fingerprint density at radius 2 is 2.38 bits per heavy atom. The molecular weight excluding hydrogens is 292 g/mol. The fraction of sp³-hybridized carbons (Fsp3) is 0.385. The first-order valence-electron chi connectivity index (χ1n) is 6.36. The van der Waals surface area contributed by atoms with Crippen LogP contribution in [0.3, 0.4) is 0 Å². The van der Waals surface area contributed by atoms with E-state index in [0.29, 0.717) is 35.3 Å². The highest BCUT2D eigenvalue weighted by atomic mass is 32.2.